The van der Waals surface area contributed by atoms with Crippen LogP contribution in [0.3, 0.4) is 0 Å². The maximum Gasteiger partial charge on any atom is 0.0558 e. The first-order valence-corrected chi connectivity index (χ1v) is 5.95. The molecular formula is C13H29NO. The lowest BCUT2D eigenvalue weighted by Crippen LogP contribution is -2.49. The Hall–Kier alpha value is -0.0800. The van der Waals surface area contributed by atoms with Crippen LogP contribution in [-0.2, 0) is 0 Å². The monoisotopic (exact) mass is 215 g/mol. The van der Waals surface area contributed by atoms with Crippen LogP contribution in [0.25, 0.3) is 0 Å². The van der Waals surface area contributed by atoms with E-state index in [1.807, 2.05) is 0 Å². The van der Waals surface area contributed by atoms with E-state index in [2.05, 4.69) is 53.4 Å². The molecule has 0 aromatic rings. The average Bonchev–Trinajstić information content (AvgIpc) is 1.93. The molecule has 0 fully saturated rings. The molecule has 0 aliphatic carbocycles. The minimum Gasteiger partial charge on any atom is -0.395 e. The van der Waals surface area contributed by atoms with E-state index in [9.17, 15) is 0 Å². The van der Waals surface area contributed by atoms with Gasteiger partial charge in [0.25, 0.3) is 0 Å². The number of hydrogen-bond donors (Lipinski definition) is 1. The molecule has 0 aromatic carbocycles. The molecule has 2 nitrogen and oxygen atoms in total. The van der Waals surface area contributed by atoms with Gasteiger partial charge < -0.3 is 5.11 Å². The Morgan fingerprint density at radius 2 is 1.53 bits per heavy atom. The van der Waals surface area contributed by atoms with Crippen molar-refractivity contribution in [1.82, 2.24) is 4.90 Å². The molecule has 1 atom stereocenters. The highest BCUT2D eigenvalue weighted by Crippen LogP contribution is 2.27. The summed E-state index contributed by atoms with van der Waals surface area (Å²) in [6, 6.07) is 0.511. The van der Waals surface area contributed by atoms with Crippen LogP contribution in [0.1, 0.15) is 54.9 Å². The molecule has 0 amide bonds. The molecule has 0 heterocycles. The van der Waals surface area contributed by atoms with Crippen molar-refractivity contribution in [1.29, 1.82) is 0 Å². The maximum absolute atomic E-state index is 9.11. The molecule has 0 saturated heterocycles. The van der Waals surface area contributed by atoms with Crippen molar-refractivity contribution in [2.45, 2.75) is 66.5 Å². The quantitative estimate of drug-likeness (QED) is 0.779. The van der Waals surface area contributed by atoms with Gasteiger partial charge in [-0.2, -0.15) is 0 Å². The molecule has 1 N–H and O–H groups in total. The SMILES string of the molecule is CC(CC(C)(C)C)N(CCO)C(C)(C)C. The van der Waals surface area contributed by atoms with Crippen molar-refractivity contribution in [3.8, 4) is 0 Å². The number of hydrogen-bond acceptors (Lipinski definition) is 2. The lowest BCUT2D eigenvalue weighted by molar-refractivity contribution is 0.0493. The summed E-state index contributed by atoms with van der Waals surface area (Å²) in [4.78, 5) is 2.39. The second kappa shape index (κ2) is 5.31. The van der Waals surface area contributed by atoms with E-state index in [0.717, 1.165) is 13.0 Å². The third kappa shape index (κ3) is 6.16. The average molecular weight is 215 g/mol. The Morgan fingerprint density at radius 3 is 1.80 bits per heavy atom. The molecular weight excluding hydrogens is 186 g/mol. The predicted molar refractivity (Wildman–Crippen MR) is 67.1 cm³/mol. The van der Waals surface area contributed by atoms with E-state index >= 15 is 0 Å². The minimum absolute atomic E-state index is 0.132. The van der Waals surface area contributed by atoms with Gasteiger partial charge in [0.15, 0.2) is 0 Å². The second-order valence-corrected chi connectivity index (χ2v) is 6.70. The van der Waals surface area contributed by atoms with Crippen LogP contribution in [0, 0.1) is 5.41 Å². The first-order chi connectivity index (χ1) is 6.58. The van der Waals surface area contributed by atoms with Crippen molar-refractivity contribution in [3.05, 3.63) is 0 Å². The van der Waals surface area contributed by atoms with Gasteiger partial charge in [-0.15, -0.1) is 0 Å². The molecule has 0 aromatic heterocycles. The Morgan fingerprint density at radius 1 is 1.07 bits per heavy atom. The first-order valence-electron chi connectivity index (χ1n) is 5.95. The van der Waals surface area contributed by atoms with Gasteiger partial charge in [0.1, 0.15) is 0 Å². The van der Waals surface area contributed by atoms with Crippen LogP contribution in [0.5, 0.6) is 0 Å². The topological polar surface area (TPSA) is 23.5 Å². The van der Waals surface area contributed by atoms with Gasteiger partial charge >= 0.3 is 0 Å². The van der Waals surface area contributed by atoms with Gasteiger partial charge in [0, 0.05) is 18.1 Å². The smallest absolute Gasteiger partial charge is 0.0558 e. The lowest BCUT2D eigenvalue weighted by atomic mass is 9.87. The summed E-state index contributed by atoms with van der Waals surface area (Å²) in [5.41, 5.74) is 0.478. The summed E-state index contributed by atoms with van der Waals surface area (Å²) in [7, 11) is 0. The third-order valence-corrected chi connectivity index (χ3v) is 2.64. The minimum atomic E-state index is 0.132. The van der Waals surface area contributed by atoms with Gasteiger partial charge in [0.2, 0.25) is 0 Å². The Kier molecular flexibility index (Phi) is 5.28. The molecule has 92 valence electrons. The first kappa shape index (κ1) is 14.9. The van der Waals surface area contributed by atoms with E-state index in [1.54, 1.807) is 0 Å². The van der Waals surface area contributed by atoms with E-state index < -0.39 is 0 Å². The van der Waals surface area contributed by atoms with Crippen LogP contribution in [0.15, 0.2) is 0 Å². The highest BCUT2D eigenvalue weighted by atomic mass is 16.3. The molecule has 2 heteroatoms. The van der Waals surface area contributed by atoms with Gasteiger partial charge in [-0.1, -0.05) is 20.8 Å². The summed E-state index contributed by atoms with van der Waals surface area (Å²) in [5.74, 6) is 0. The fourth-order valence-electron chi connectivity index (χ4n) is 2.32. The van der Waals surface area contributed by atoms with Crippen LogP contribution in [0.2, 0.25) is 0 Å². The zero-order valence-electron chi connectivity index (χ0n) is 11.6. The van der Waals surface area contributed by atoms with E-state index in [-0.39, 0.29) is 12.1 Å². The number of aliphatic hydroxyl groups excluding tert-OH is 1. The molecule has 0 bridgehead atoms. The fraction of sp³-hybridized carbons (Fsp3) is 1.00. The van der Waals surface area contributed by atoms with Crippen molar-refractivity contribution >= 4 is 0 Å². The summed E-state index contributed by atoms with van der Waals surface area (Å²) in [6.45, 7) is 16.7. The zero-order chi connectivity index (χ0) is 12.3. The van der Waals surface area contributed by atoms with E-state index in [0.29, 0.717) is 11.5 Å². The van der Waals surface area contributed by atoms with E-state index in [1.165, 1.54) is 0 Å². The molecule has 0 radical (unpaired) electrons. The number of rotatable bonds is 4. The van der Waals surface area contributed by atoms with Crippen LogP contribution in [0.4, 0.5) is 0 Å². The molecule has 1 unspecified atom stereocenters. The Bertz CT molecular complexity index is 176. The van der Waals surface area contributed by atoms with Crippen LogP contribution >= 0.6 is 0 Å². The van der Waals surface area contributed by atoms with Crippen molar-refractivity contribution in [2.24, 2.45) is 5.41 Å². The number of nitrogens with zero attached hydrogens (tertiary/aromatic N) is 1. The van der Waals surface area contributed by atoms with Crippen LogP contribution in [-0.4, -0.2) is 34.7 Å². The second-order valence-electron chi connectivity index (χ2n) is 6.70. The largest absolute Gasteiger partial charge is 0.395 e. The molecule has 0 saturated carbocycles. The van der Waals surface area contributed by atoms with Gasteiger partial charge in [-0.05, 0) is 39.5 Å². The predicted octanol–water partition coefficient (Wildman–Crippen LogP) is 2.90. The van der Waals surface area contributed by atoms with Crippen molar-refractivity contribution in [3.63, 3.8) is 0 Å². The molecule has 0 rings (SSSR count). The zero-order valence-corrected chi connectivity index (χ0v) is 11.6. The third-order valence-electron chi connectivity index (χ3n) is 2.64. The Balaban J connectivity index is 4.50. The maximum atomic E-state index is 9.11. The number of aliphatic hydroxyl groups is 1. The lowest BCUT2D eigenvalue weighted by Gasteiger charge is -2.42. The normalized spacial score (nSPS) is 15.8. The molecule has 0 spiro atoms. The standard InChI is InChI=1S/C13H29NO/c1-11(10-12(2,3)4)14(8-9-15)13(5,6)7/h11,15H,8-10H2,1-7H3. The summed E-state index contributed by atoms with van der Waals surface area (Å²) >= 11 is 0. The molecule has 15 heavy (non-hydrogen) atoms. The van der Waals surface area contributed by atoms with Gasteiger partial charge in [0.05, 0.1) is 6.61 Å². The molecule has 0 aliphatic heterocycles. The van der Waals surface area contributed by atoms with Crippen molar-refractivity contribution in [2.75, 3.05) is 13.2 Å². The fourth-order valence-corrected chi connectivity index (χ4v) is 2.32. The summed E-state index contributed by atoms with van der Waals surface area (Å²) in [6.07, 6.45) is 1.16. The Labute approximate surface area is 95.7 Å². The van der Waals surface area contributed by atoms with E-state index in [4.69, 9.17) is 5.11 Å². The highest BCUT2D eigenvalue weighted by molar-refractivity contribution is 4.83. The highest BCUT2D eigenvalue weighted by Gasteiger charge is 2.28. The van der Waals surface area contributed by atoms with Gasteiger partial charge in [-0.3, -0.25) is 4.90 Å². The van der Waals surface area contributed by atoms with Crippen LogP contribution < -0.4 is 0 Å². The summed E-state index contributed by atoms with van der Waals surface area (Å²) in [5, 5.41) is 9.11. The molecule has 0 aliphatic rings. The van der Waals surface area contributed by atoms with Crippen molar-refractivity contribution < 1.29 is 5.11 Å². The van der Waals surface area contributed by atoms with Gasteiger partial charge in [-0.25, -0.2) is 0 Å². The summed E-state index contributed by atoms with van der Waals surface area (Å²) < 4.78 is 0. The number of β-amino-alcohol motifs (C(OH)–C–C–N with tert-alkyl or cyclic N) is 1.